The number of hydrogen-bond acceptors (Lipinski definition) is 10. The van der Waals surface area contributed by atoms with Crippen LogP contribution in [0.2, 0.25) is 0 Å². The summed E-state index contributed by atoms with van der Waals surface area (Å²) in [6.45, 7) is 8.35. The third kappa shape index (κ3) is 4.60. The number of aromatic amines is 1. The lowest BCUT2D eigenvalue weighted by atomic mass is 9.73. The molecule has 12 heteroatoms. The van der Waals surface area contributed by atoms with E-state index in [0.29, 0.717) is 30.0 Å². The average molecular weight is 536 g/mol. The zero-order valence-corrected chi connectivity index (χ0v) is 22.8. The minimum Gasteiger partial charge on any atom is -0.383 e. The maximum absolute atomic E-state index is 12.6. The molecule has 2 fully saturated rings. The number of ether oxygens (including phenoxy) is 2. The number of hydrogen-bond donors (Lipinski definition) is 3. The molecule has 2 saturated heterocycles. The number of pyridine rings is 1. The molecule has 208 valence electrons. The molecule has 3 aliphatic rings. The summed E-state index contributed by atoms with van der Waals surface area (Å²) in [5.41, 5.74) is 10.1. The summed E-state index contributed by atoms with van der Waals surface area (Å²) in [7, 11) is 1.61. The molecule has 3 aliphatic heterocycles. The first-order chi connectivity index (χ1) is 18.9. The van der Waals surface area contributed by atoms with E-state index in [0.717, 1.165) is 68.5 Å². The number of H-pyrrole nitrogens is 1. The van der Waals surface area contributed by atoms with Gasteiger partial charge in [0.2, 0.25) is 0 Å². The van der Waals surface area contributed by atoms with Crippen molar-refractivity contribution in [3.05, 3.63) is 29.7 Å². The summed E-state index contributed by atoms with van der Waals surface area (Å²) in [4.78, 5) is 31.4. The summed E-state index contributed by atoms with van der Waals surface area (Å²) >= 11 is 0. The topological polar surface area (TPSA) is 147 Å². The van der Waals surface area contributed by atoms with Crippen LogP contribution in [0.25, 0.3) is 11.2 Å². The van der Waals surface area contributed by atoms with Gasteiger partial charge in [0.15, 0.2) is 17.0 Å². The lowest BCUT2D eigenvalue weighted by Gasteiger charge is -2.41. The van der Waals surface area contributed by atoms with Gasteiger partial charge in [-0.1, -0.05) is 6.92 Å². The van der Waals surface area contributed by atoms with Crippen LogP contribution >= 0.6 is 0 Å². The zero-order valence-electron chi connectivity index (χ0n) is 22.8. The molecule has 6 rings (SSSR count). The molecule has 39 heavy (non-hydrogen) atoms. The first-order valence-corrected chi connectivity index (χ1v) is 13.8. The van der Waals surface area contributed by atoms with Gasteiger partial charge in [-0.25, -0.2) is 15.0 Å². The van der Waals surface area contributed by atoms with Crippen molar-refractivity contribution in [3.63, 3.8) is 0 Å². The first-order valence-electron chi connectivity index (χ1n) is 13.8. The standard InChI is InChI=1S/C27H37N9O3/c1-16-6-10-36(19-5-4-18(31-21(16)19)26(37)29-9-13-38-3)25-22-24(33-34-25)32-20(14-30-22)35-11-7-27(8-12-35)15-39-17(2)23(27)28/h4-5,14,16-17,23H,6-13,15,28H2,1-3H3,(H,29,37)(H,32,33,34)/t16-,17+,23-/m1/s1. The molecule has 0 bridgehead atoms. The monoisotopic (exact) mass is 535 g/mol. The molecule has 3 atom stereocenters. The van der Waals surface area contributed by atoms with Gasteiger partial charge in [0.1, 0.15) is 11.5 Å². The Kier molecular flexibility index (Phi) is 6.86. The van der Waals surface area contributed by atoms with E-state index in [-0.39, 0.29) is 29.4 Å². The number of methoxy groups -OCH3 is 1. The maximum Gasteiger partial charge on any atom is 0.269 e. The molecule has 0 aromatic carbocycles. The Morgan fingerprint density at radius 2 is 2.08 bits per heavy atom. The van der Waals surface area contributed by atoms with E-state index >= 15 is 0 Å². The second kappa shape index (κ2) is 10.3. The highest BCUT2D eigenvalue weighted by Crippen LogP contribution is 2.42. The number of nitrogens with two attached hydrogens (primary N) is 1. The lowest BCUT2D eigenvalue weighted by molar-refractivity contribution is 0.0931. The van der Waals surface area contributed by atoms with E-state index < -0.39 is 0 Å². The number of fused-ring (bicyclic) bond motifs is 2. The Bertz CT molecular complexity index is 1350. The summed E-state index contributed by atoms with van der Waals surface area (Å²) in [6.07, 6.45) is 4.79. The molecule has 1 spiro atoms. The molecule has 0 saturated carbocycles. The lowest BCUT2D eigenvalue weighted by Crippen LogP contribution is -2.50. The van der Waals surface area contributed by atoms with Crippen molar-refractivity contribution in [1.29, 1.82) is 0 Å². The largest absolute Gasteiger partial charge is 0.383 e. The first kappa shape index (κ1) is 25.9. The quantitative estimate of drug-likeness (QED) is 0.401. The van der Waals surface area contributed by atoms with Gasteiger partial charge >= 0.3 is 0 Å². The molecule has 3 aromatic rings. The predicted molar refractivity (Wildman–Crippen MR) is 147 cm³/mol. The Morgan fingerprint density at radius 3 is 2.82 bits per heavy atom. The van der Waals surface area contributed by atoms with Gasteiger partial charge in [0, 0.05) is 50.7 Å². The highest BCUT2D eigenvalue weighted by atomic mass is 16.5. The summed E-state index contributed by atoms with van der Waals surface area (Å²) < 4.78 is 10.9. The summed E-state index contributed by atoms with van der Waals surface area (Å²) in [5, 5.41) is 10.6. The molecular weight excluding hydrogens is 498 g/mol. The number of nitrogens with zero attached hydrogens (tertiary/aromatic N) is 6. The third-order valence-electron chi connectivity index (χ3n) is 8.69. The molecule has 1 amide bonds. The highest BCUT2D eigenvalue weighted by Gasteiger charge is 2.47. The Balaban J connectivity index is 1.21. The number of nitrogens with one attached hydrogen (secondary N) is 2. The van der Waals surface area contributed by atoms with Crippen LogP contribution in [0.5, 0.6) is 0 Å². The van der Waals surface area contributed by atoms with Crippen LogP contribution in [0.1, 0.15) is 55.2 Å². The van der Waals surface area contributed by atoms with Crippen LogP contribution in [0.4, 0.5) is 17.3 Å². The molecule has 12 nitrogen and oxygen atoms in total. The van der Waals surface area contributed by atoms with Gasteiger partial charge in [0.05, 0.1) is 36.9 Å². The fourth-order valence-corrected chi connectivity index (χ4v) is 6.12. The van der Waals surface area contributed by atoms with E-state index in [1.54, 1.807) is 13.2 Å². The molecule has 0 unspecified atom stereocenters. The normalized spacial score (nSPS) is 24.4. The fourth-order valence-electron chi connectivity index (χ4n) is 6.12. The molecular formula is C27H37N9O3. The van der Waals surface area contributed by atoms with Crippen LogP contribution in [0.15, 0.2) is 18.3 Å². The second-order valence-corrected chi connectivity index (χ2v) is 11.1. The number of anilines is 3. The van der Waals surface area contributed by atoms with Crippen molar-refractivity contribution in [2.75, 3.05) is 56.3 Å². The molecule has 6 heterocycles. The van der Waals surface area contributed by atoms with Gasteiger partial charge in [-0.15, -0.1) is 0 Å². The Morgan fingerprint density at radius 1 is 1.26 bits per heavy atom. The second-order valence-electron chi connectivity index (χ2n) is 11.1. The molecule has 4 N–H and O–H groups in total. The molecule has 0 aliphatic carbocycles. The van der Waals surface area contributed by atoms with Crippen molar-refractivity contribution in [2.45, 2.75) is 51.2 Å². The van der Waals surface area contributed by atoms with E-state index in [4.69, 9.17) is 30.2 Å². The zero-order chi connectivity index (χ0) is 27.1. The minimum absolute atomic E-state index is 0.0614. The van der Waals surface area contributed by atoms with Crippen molar-refractivity contribution in [1.82, 2.24) is 30.5 Å². The predicted octanol–water partition coefficient (Wildman–Crippen LogP) is 2.10. The number of carbonyl (C=O) groups is 1. The van der Waals surface area contributed by atoms with Crippen molar-refractivity contribution >= 4 is 34.4 Å². The van der Waals surface area contributed by atoms with Gasteiger partial charge in [-0.3, -0.25) is 9.89 Å². The number of aromatic nitrogens is 5. The van der Waals surface area contributed by atoms with E-state index in [9.17, 15) is 4.79 Å². The van der Waals surface area contributed by atoms with Gasteiger partial charge in [0.25, 0.3) is 5.91 Å². The SMILES string of the molecule is COCCNC(=O)c1ccc2c(n1)[C@H](C)CCN2c1n[nH]c2nc(N3CCC4(CC3)CO[C@@H](C)[C@H]4N)cnc12. The van der Waals surface area contributed by atoms with E-state index in [1.807, 2.05) is 12.3 Å². The van der Waals surface area contributed by atoms with Crippen molar-refractivity contribution < 1.29 is 14.3 Å². The highest BCUT2D eigenvalue weighted by molar-refractivity contribution is 5.93. The Hall–Kier alpha value is -3.35. The van der Waals surface area contributed by atoms with Gasteiger partial charge in [-0.2, -0.15) is 5.10 Å². The van der Waals surface area contributed by atoms with Crippen LogP contribution in [0.3, 0.4) is 0 Å². The van der Waals surface area contributed by atoms with Crippen LogP contribution in [-0.4, -0.2) is 89.7 Å². The van der Waals surface area contributed by atoms with Crippen LogP contribution in [0, 0.1) is 5.41 Å². The number of carbonyl (C=O) groups excluding carboxylic acids is 1. The average Bonchev–Trinajstić information content (AvgIpc) is 3.50. The number of piperidine rings is 1. The van der Waals surface area contributed by atoms with Crippen LogP contribution in [-0.2, 0) is 9.47 Å². The number of rotatable bonds is 6. The van der Waals surface area contributed by atoms with Gasteiger partial charge < -0.3 is 30.3 Å². The third-order valence-corrected chi connectivity index (χ3v) is 8.69. The van der Waals surface area contributed by atoms with E-state index in [1.165, 1.54) is 0 Å². The van der Waals surface area contributed by atoms with Gasteiger partial charge in [-0.05, 0) is 38.3 Å². The number of amides is 1. The van der Waals surface area contributed by atoms with E-state index in [2.05, 4.69) is 39.2 Å². The summed E-state index contributed by atoms with van der Waals surface area (Å²) in [6, 6.07) is 3.79. The Labute approximate surface area is 227 Å². The molecule has 0 radical (unpaired) electrons. The smallest absolute Gasteiger partial charge is 0.269 e. The molecule has 3 aromatic heterocycles. The fraction of sp³-hybridized carbons (Fsp3) is 0.593. The summed E-state index contributed by atoms with van der Waals surface area (Å²) in [5.74, 6) is 1.57. The maximum atomic E-state index is 12.6. The van der Waals surface area contributed by atoms with Crippen molar-refractivity contribution in [3.8, 4) is 0 Å². The van der Waals surface area contributed by atoms with Crippen LogP contribution < -0.4 is 20.9 Å². The minimum atomic E-state index is -0.205. The van der Waals surface area contributed by atoms with Crippen molar-refractivity contribution in [2.24, 2.45) is 11.1 Å².